The Hall–Kier alpha value is -4.99. The van der Waals surface area contributed by atoms with Crippen molar-refractivity contribution in [3.63, 3.8) is 0 Å². The second kappa shape index (κ2) is 15.1. The van der Waals surface area contributed by atoms with Gasteiger partial charge in [0.15, 0.2) is 0 Å². The van der Waals surface area contributed by atoms with E-state index in [1.807, 2.05) is 105 Å². The molecule has 9 heteroatoms. The first-order chi connectivity index (χ1) is 23.9. The zero-order valence-electron chi connectivity index (χ0n) is 28.0. The van der Waals surface area contributed by atoms with E-state index in [4.69, 9.17) is 9.47 Å². The Morgan fingerprint density at radius 1 is 0.529 bits per heavy atom. The van der Waals surface area contributed by atoms with Gasteiger partial charge in [0.25, 0.3) is 0 Å². The molecule has 0 unspecified atom stereocenters. The number of nitrogens with zero attached hydrogens (tertiary/aromatic N) is 5. The summed E-state index contributed by atoms with van der Waals surface area (Å²) in [7, 11) is 0. The topological polar surface area (TPSA) is 75.0 Å². The summed E-state index contributed by atoms with van der Waals surface area (Å²) in [6.45, 7) is 8.08. The molecule has 254 valence electrons. The molecule has 0 atom stereocenters. The molecule has 0 aliphatic heterocycles. The molecule has 4 aromatic carbocycles. The third kappa shape index (κ3) is 7.27. The van der Waals surface area contributed by atoms with Crippen LogP contribution in [0.3, 0.4) is 0 Å². The van der Waals surface area contributed by atoms with E-state index in [1.165, 1.54) is 0 Å². The van der Waals surface area contributed by atoms with E-state index >= 15 is 0 Å². The third-order valence-electron chi connectivity index (χ3n) is 8.31. The average Bonchev–Trinajstić information content (AvgIpc) is 3.43. The zero-order valence-corrected chi connectivity index (χ0v) is 31.8. The van der Waals surface area contributed by atoms with Gasteiger partial charge in [0.2, 0.25) is 5.95 Å². The quantitative estimate of drug-likeness (QED) is 0.117. The van der Waals surface area contributed by atoms with Gasteiger partial charge in [-0.3, -0.25) is 0 Å². The van der Waals surface area contributed by atoms with Crippen molar-refractivity contribution in [1.29, 1.82) is 0 Å². The molecule has 0 aliphatic rings. The monoisotopic (exact) mass is 936 g/mol. The van der Waals surface area contributed by atoms with Crippen LogP contribution >= 0.6 is 0 Å². The Bertz CT molecular complexity index is 2360. The molecule has 7 nitrogen and oxygen atoms in total. The molecule has 4 heterocycles. The SMILES string of the molecule is Cc1ccnc(-c2[c-]c(Oc3[c-]c4c(cc3)c3ccc(Oc5[c-]c(-c6cc(C)ccn6)ccc5C)[c-]c3n4-c3ncccn3)c(C)cc2)c1.[Pd+2].[Pt+2]. The van der Waals surface area contributed by atoms with E-state index in [2.05, 4.69) is 44.2 Å². The molecule has 0 saturated heterocycles. The second-order valence-corrected chi connectivity index (χ2v) is 12.0. The van der Waals surface area contributed by atoms with Gasteiger partial charge in [-0.1, -0.05) is 71.4 Å². The molecule has 0 radical (unpaired) electrons. The molecule has 8 aromatic rings. The Morgan fingerprint density at radius 3 is 1.45 bits per heavy atom. The minimum atomic E-state index is 0. The first-order valence-electron chi connectivity index (χ1n) is 15.9. The van der Waals surface area contributed by atoms with E-state index < -0.39 is 0 Å². The van der Waals surface area contributed by atoms with Gasteiger partial charge in [-0.05, 0) is 43.4 Å². The van der Waals surface area contributed by atoms with E-state index in [0.717, 1.165) is 66.6 Å². The number of ether oxygens (including phenoxy) is 2. The number of hydrogen-bond donors (Lipinski definition) is 0. The Kier molecular flexibility index (Phi) is 10.6. The number of pyridine rings is 2. The largest absolute Gasteiger partial charge is 2.00 e. The smallest absolute Gasteiger partial charge is 0.503 e. The Balaban J connectivity index is 0.00000224. The molecule has 0 saturated carbocycles. The molecule has 0 bridgehead atoms. The van der Waals surface area contributed by atoms with Crippen molar-refractivity contribution in [1.82, 2.24) is 24.5 Å². The minimum Gasteiger partial charge on any atom is -0.503 e. The number of fused-ring (bicyclic) bond motifs is 3. The zero-order chi connectivity index (χ0) is 33.5. The summed E-state index contributed by atoms with van der Waals surface area (Å²) in [5.41, 5.74) is 9.03. The van der Waals surface area contributed by atoms with Crippen molar-refractivity contribution in [2.75, 3.05) is 0 Å². The van der Waals surface area contributed by atoms with Crippen LogP contribution in [-0.2, 0) is 41.5 Å². The van der Waals surface area contributed by atoms with Gasteiger partial charge in [0.1, 0.15) is 0 Å². The van der Waals surface area contributed by atoms with Gasteiger partial charge in [0.05, 0.1) is 0 Å². The van der Waals surface area contributed by atoms with Gasteiger partial charge >= 0.3 is 41.5 Å². The molecule has 4 aromatic heterocycles. The van der Waals surface area contributed by atoms with E-state index in [-0.39, 0.29) is 41.5 Å². The Labute approximate surface area is 324 Å². The van der Waals surface area contributed by atoms with Crippen molar-refractivity contribution >= 4 is 21.8 Å². The minimum absolute atomic E-state index is 0. The van der Waals surface area contributed by atoms with Crippen LogP contribution in [0.2, 0.25) is 0 Å². The number of aromatic nitrogens is 5. The van der Waals surface area contributed by atoms with Crippen LogP contribution in [-0.4, -0.2) is 24.5 Å². The van der Waals surface area contributed by atoms with Gasteiger partial charge in [0, 0.05) is 47.8 Å². The van der Waals surface area contributed by atoms with Crippen LogP contribution in [0, 0.1) is 52.0 Å². The fraction of sp³-hybridized carbons (Fsp3) is 0.0952. The van der Waals surface area contributed by atoms with Crippen LogP contribution in [0.25, 0.3) is 50.3 Å². The van der Waals surface area contributed by atoms with Crippen LogP contribution < -0.4 is 9.47 Å². The van der Waals surface area contributed by atoms with Crippen molar-refractivity contribution in [2.24, 2.45) is 0 Å². The summed E-state index contributed by atoms with van der Waals surface area (Å²) in [5.74, 6) is 2.75. The molecule has 0 fully saturated rings. The second-order valence-electron chi connectivity index (χ2n) is 12.0. The molecular weight excluding hydrogens is 908 g/mol. The fourth-order valence-electron chi connectivity index (χ4n) is 5.74. The summed E-state index contributed by atoms with van der Waals surface area (Å²) in [6.07, 6.45) is 7.04. The molecule has 0 aliphatic carbocycles. The Morgan fingerprint density at radius 2 is 1.00 bits per heavy atom. The van der Waals surface area contributed by atoms with E-state index in [1.54, 1.807) is 30.9 Å². The van der Waals surface area contributed by atoms with Crippen molar-refractivity contribution in [3.05, 3.63) is 150 Å². The number of rotatable bonds is 7. The van der Waals surface area contributed by atoms with Crippen LogP contribution in [0.15, 0.2) is 104 Å². The molecular formula is C42H29N5O2PdPt. The molecule has 8 rings (SSSR count). The number of hydrogen-bond acceptors (Lipinski definition) is 6. The summed E-state index contributed by atoms with van der Waals surface area (Å²) in [5, 5.41) is 1.90. The maximum absolute atomic E-state index is 6.43. The van der Waals surface area contributed by atoms with Gasteiger partial charge in [-0.2, -0.15) is 22.9 Å². The van der Waals surface area contributed by atoms with E-state index in [9.17, 15) is 0 Å². The van der Waals surface area contributed by atoms with Crippen LogP contribution in [0.5, 0.6) is 23.0 Å². The third-order valence-corrected chi connectivity index (χ3v) is 8.31. The number of aryl methyl sites for hydroxylation is 4. The molecule has 0 N–H and O–H groups in total. The molecule has 0 spiro atoms. The maximum Gasteiger partial charge on any atom is 2.00 e. The molecule has 51 heavy (non-hydrogen) atoms. The fourth-order valence-corrected chi connectivity index (χ4v) is 5.74. The summed E-state index contributed by atoms with van der Waals surface area (Å²) in [6, 6.07) is 39.5. The van der Waals surface area contributed by atoms with Crippen molar-refractivity contribution < 1.29 is 51.0 Å². The van der Waals surface area contributed by atoms with Gasteiger partial charge in [-0.25, -0.2) is 9.97 Å². The van der Waals surface area contributed by atoms with Crippen LogP contribution in [0.1, 0.15) is 22.3 Å². The van der Waals surface area contributed by atoms with E-state index in [0.29, 0.717) is 28.9 Å². The van der Waals surface area contributed by atoms with Crippen molar-refractivity contribution in [2.45, 2.75) is 27.7 Å². The van der Waals surface area contributed by atoms with Gasteiger partial charge in [-0.15, -0.1) is 59.7 Å². The normalized spacial score (nSPS) is 10.8. The predicted octanol–water partition coefficient (Wildman–Crippen LogP) is 9.71. The summed E-state index contributed by atoms with van der Waals surface area (Å²) < 4.78 is 14.8. The van der Waals surface area contributed by atoms with Crippen LogP contribution in [0.4, 0.5) is 0 Å². The van der Waals surface area contributed by atoms with Crippen molar-refractivity contribution in [3.8, 4) is 51.5 Å². The standard InChI is InChI=1S/C42H29N5O2.Pd.Pt/c1-26-14-18-43-36(20-26)30-8-6-28(3)40(22-30)48-32-10-12-34-35-13-11-33(25-39(35)47(38(34)24-32)42-45-16-5-17-46-42)49-41-23-31(9-7-29(41)4)37-21-27(2)15-19-44-37;;/h5-21H,1-4H3;;/q-4;2*+2. The number of benzene rings is 4. The maximum atomic E-state index is 6.43. The summed E-state index contributed by atoms with van der Waals surface area (Å²) in [4.78, 5) is 18.2. The molecule has 0 amide bonds. The first kappa shape index (κ1) is 35.8. The van der Waals surface area contributed by atoms with Gasteiger partial charge < -0.3 is 24.0 Å². The predicted molar refractivity (Wildman–Crippen MR) is 190 cm³/mol. The summed E-state index contributed by atoms with van der Waals surface area (Å²) >= 11 is 0. The first-order valence-corrected chi connectivity index (χ1v) is 15.9. The average molecular weight is 937 g/mol.